The van der Waals surface area contributed by atoms with Gasteiger partial charge >= 0.3 is 0 Å². The highest BCUT2D eigenvalue weighted by atomic mass is 35.5. The maximum atomic E-state index is 12.0. The van der Waals surface area contributed by atoms with Gasteiger partial charge in [0.1, 0.15) is 5.78 Å². The summed E-state index contributed by atoms with van der Waals surface area (Å²) in [6.07, 6.45) is 2.27. The molecule has 0 atom stereocenters. The van der Waals surface area contributed by atoms with Crippen LogP contribution in [0.15, 0.2) is 18.2 Å². The Bertz CT molecular complexity index is 478. The Morgan fingerprint density at radius 1 is 1.11 bits per heavy atom. The van der Waals surface area contributed by atoms with E-state index >= 15 is 0 Å². The van der Waals surface area contributed by atoms with Gasteiger partial charge in [0.25, 0.3) is 0 Å². The molecule has 1 aliphatic heterocycles. The lowest BCUT2D eigenvalue weighted by Crippen LogP contribution is -2.43. The lowest BCUT2D eigenvalue weighted by Gasteiger charge is -2.36. The number of hydrogen-bond donors (Lipinski definition) is 0. The van der Waals surface area contributed by atoms with Crippen molar-refractivity contribution in [2.45, 2.75) is 31.5 Å². The fourth-order valence-corrected chi connectivity index (χ4v) is 2.88. The van der Waals surface area contributed by atoms with Crippen molar-refractivity contribution in [3.63, 3.8) is 0 Å². The third-order valence-electron chi connectivity index (χ3n) is 3.50. The molecule has 4 heteroatoms. The molecule has 0 radical (unpaired) electrons. The summed E-state index contributed by atoms with van der Waals surface area (Å²) in [5.41, 5.74) is 2.11. The van der Waals surface area contributed by atoms with Gasteiger partial charge in [0.05, 0.1) is 19.6 Å². The van der Waals surface area contributed by atoms with Crippen molar-refractivity contribution in [3.8, 4) is 0 Å². The molecule has 1 aromatic rings. The Hall–Kier alpha value is -0.900. The SMILES string of the molecule is O=C1Cc2ccc(Cl)cc2CC2(C1)OCCCO2. The van der Waals surface area contributed by atoms with Crippen molar-refractivity contribution in [1.82, 2.24) is 0 Å². The van der Waals surface area contributed by atoms with Crippen LogP contribution in [0.4, 0.5) is 0 Å². The van der Waals surface area contributed by atoms with Gasteiger partial charge in [-0.05, 0) is 29.7 Å². The second-order valence-electron chi connectivity index (χ2n) is 4.94. The highest BCUT2D eigenvalue weighted by Gasteiger charge is 2.39. The minimum Gasteiger partial charge on any atom is -0.349 e. The number of benzene rings is 1. The Morgan fingerprint density at radius 3 is 2.67 bits per heavy atom. The van der Waals surface area contributed by atoms with Crippen LogP contribution in [0, 0.1) is 0 Å². The van der Waals surface area contributed by atoms with Crippen molar-refractivity contribution in [1.29, 1.82) is 0 Å². The Kier molecular flexibility index (Phi) is 3.14. The third-order valence-corrected chi connectivity index (χ3v) is 3.74. The summed E-state index contributed by atoms with van der Waals surface area (Å²) in [6, 6.07) is 5.67. The van der Waals surface area contributed by atoms with Gasteiger partial charge < -0.3 is 9.47 Å². The summed E-state index contributed by atoms with van der Waals surface area (Å²) in [7, 11) is 0. The maximum absolute atomic E-state index is 12.0. The number of carbonyl (C=O) groups is 1. The van der Waals surface area contributed by atoms with Gasteiger partial charge in [-0.3, -0.25) is 4.79 Å². The van der Waals surface area contributed by atoms with Crippen LogP contribution in [0.25, 0.3) is 0 Å². The molecule has 1 heterocycles. The summed E-state index contributed by atoms with van der Waals surface area (Å²) in [5.74, 6) is -0.594. The number of rotatable bonds is 0. The van der Waals surface area contributed by atoms with E-state index in [9.17, 15) is 4.79 Å². The van der Waals surface area contributed by atoms with Crippen LogP contribution >= 0.6 is 11.6 Å². The number of Topliss-reactive ketones (excluding diaryl/α,β-unsaturated/α-hetero) is 1. The van der Waals surface area contributed by atoms with Gasteiger partial charge in [0, 0.05) is 17.9 Å². The molecule has 96 valence electrons. The zero-order chi connectivity index (χ0) is 12.6. The average molecular weight is 267 g/mol. The van der Waals surface area contributed by atoms with Crippen molar-refractivity contribution in [2.75, 3.05) is 13.2 Å². The second kappa shape index (κ2) is 4.65. The first-order valence-corrected chi connectivity index (χ1v) is 6.62. The highest BCUT2D eigenvalue weighted by molar-refractivity contribution is 6.30. The normalized spacial score (nSPS) is 22.6. The third kappa shape index (κ3) is 2.30. The molecule has 1 fully saturated rings. The van der Waals surface area contributed by atoms with Gasteiger partial charge in [-0.25, -0.2) is 0 Å². The van der Waals surface area contributed by atoms with Gasteiger partial charge in [-0.15, -0.1) is 0 Å². The molecule has 0 unspecified atom stereocenters. The molecule has 3 rings (SSSR count). The summed E-state index contributed by atoms with van der Waals surface area (Å²) < 4.78 is 11.5. The summed E-state index contributed by atoms with van der Waals surface area (Å²) >= 11 is 6.03. The molecule has 0 aromatic heterocycles. The van der Waals surface area contributed by atoms with E-state index in [4.69, 9.17) is 21.1 Å². The molecule has 0 amide bonds. The Morgan fingerprint density at radius 2 is 1.89 bits per heavy atom. The van der Waals surface area contributed by atoms with E-state index in [0.717, 1.165) is 17.5 Å². The molecular weight excluding hydrogens is 252 g/mol. The first kappa shape index (κ1) is 12.2. The minimum absolute atomic E-state index is 0.165. The monoisotopic (exact) mass is 266 g/mol. The number of carbonyl (C=O) groups excluding carboxylic acids is 1. The van der Waals surface area contributed by atoms with Gasteiger partial charge in [0.15, 0.2) is 5.79 Å². The molecule has 1 aromatic carbocycles. The number of ketones is 1. The van der Waals surface area contributed by atoms with E-state index < -0.39 is 5.79 Å². The average Bonchev–Trinajstić information content (AvgIpc) is 2.45. The molecule has 2 aliphatic rings. The molecule has 0 saturated carbocycles. The zero-order valence-electron chi connectivity index (χ0n) is 10.1. The standard InChI is InChI=1S/C14H15ClO3/c15-12-3-2-10-7-13(16)9-14(8-11(10)6-12)17-4-1-5-18-14/h2-3,6H,1,4-5,7-9H2. The van der Waals surface area contributed by atoms with Crippen molar-refractivity contribution in [2.24, 2.45) is 0 Å². The van der Waals surface area contributed by atoms with Crippen LogP contribution in [0.2, 0.25) is 5.02 Å². The van der Waals surface area contributed by atoms with Crippen LogP contribution in [0.3, 0.4) is 0 Å². The molecule has 3 nitrogen and oxygen atoms in total. The molecule has 0 bridgehead atoms. The lowest BCUT2D eigenvalue weighted by molar-refractivity contribution is -0.265. The number of fused-ring (bicyclic) bond motifs is 1. The fourth-order valence-electron chi connectivity index (χ4n) is 2.68. The van der Waals surface area contributed by atoms with Gasteiger partial charge in [-0.2, -0.15) is 0 Å². The van der Waals surface area contributed by atoms with Crippen molar-refractivity contribution in [3.05, 3.63) is 34.3 Å². The highest BCUT2D eigenvalue weighted by Crippen LogP contribution is 2.33. The molecule has 1 spiro atoms. The summed E-state index contributed by atoms with van der Waals surface area (Å²) in [5, 5.41) is 0.689. The minimum atomic E-state index is -0.759. The molecule has 18 heavy (non-hydrogen) atoms. The second-order valence-corrected chi connectivity index (χ2v) is 5.38. The van der Waals surface area contributed by atoms with Crippen LogP contribution in [0.5, 0.6) is 0 Å². The summed E-state index contributed by atoms with van der Waals surface area (Å²) in [4.78, 5) is 12.0. The molecule has 0 N–H and O–H groups in total. The van der Waals surface area contributed by atoms with Gasteiger partial charge in [-0.1, -0.05) is 17.7 Å². The van der Waals surface area contributed by atoms with E-state index in [0.29, 0.717) is 37.5 Å². The van der Waals surface area contributed by atoms with E-state index in [-0.39, 0.29) is 5.78 Å². The van der Waals surface area contributed by atoms with Crippen LogP contribution in [-0.4, -0.2) is 24.8 Å². The Balaban J connectivity index is 1.98. The van der Waals surface area contributed by atoms with E-state index in [2.05, 4.69) is 0 Å². The van der Waals surface area contributed by atoms with E-state index in [1.165, 1.54) is 0 Å². The fraction of sp³-hybridized carbons (Fsp3) is 0.500. The largest absolute Gasteiger partial charge is 0.349 e. The number of ether oxygens (including phenoxy) is 2. The smallest absolute Gasteiger partial charge is 0.179 e. The van der Waals surface area contributed by atoms with Crippen LogP contribution in [-0.2, 0) is 27.1 Å². The molecular formula is C14H15ClO3. The quantitative estimate of drug-likeness (QED) is 0.724. The van der Waals surface area contributed by atoms with Crippen LogP contribution < -0.4 is 0 Å². The molecule has 1 aliphatic carbocycles. The Labute approximate surface area is 111 Å². The van der Waals surface area contributed by atoms with Gasteiger partial charge in [0.2, 0.25) is 0 Å². The summed E-state index contributed by atoms with van der Waals surface area (Å²) in [6.45, 7) is 1.31. The van der Waals surface area contributed by atoms with E-state index in [1.807, 2.05) is 18.2 Å². The lowest BCUT2D eigenvalue weighted by atomic mass is 10.0. The topological polar surface area (TPSA) is 35.5 Å². The first-order valence-electron chi connectivity index (χ1n) is 6.24. The van der Waals surface area contributed by atoms with E-state index in [1.54, 1.807) is 0 Å². The maximum Gasteiger partial charge on any atom is 0.179 e. The van der Waals surface area contributed by atoms with Crippen molar-refractivity contribution >= 4 is 17.4 Å². The van der Waals surface area contributed by atoms with Crippen LogP contribution in [0.1, 0.15) is 24.0 Å². The first-order chi connectivity index (χ1) is 8.67. The molecule has 1 saturated heterocycles. The number of hydrogen-bond acceptors (Lipinski definition) is 3. The zero-order valence-corrected chi connectivity index (χ0v) is 10.8. The predicted molar refractivity (Wildman–Crippen MR) is 67.7 cm³/mol. The van der Waals surface area contributed by atoms with Crippen molar-refractivity contribution < 1.29 is 14.3 Å². The predicted octanol–water partition coefficient (Wildman–Crippen LogP) is 2.53. The number of halogens is 1.